The maximum atomic E-state index is 5.97. The van der Waals surface area contributed by atoms with Crippen LogP contribution in [-0.2, 0) is 4.74 Å². The number of nitrogens with zero attached hydrogens (tertiary/aromatic N) is 1. The molecule has 0 saturated heterocycles. The molecular formula is C18H20NO+. The monoisotopic (exact) mass is 266 g/mol. The maximum absolute atomic E-state index is 5.97. The van der Waals surface area contributed by atoms with Gasteiger partial charge in [-0.15, -0.1) is 0 Å². The van der Waals surface area contributed by atoms with E-state index in [1.54, 1.807) is 0 Å². The molecule has 2 nitrogen and oxygen atoms in total. The summed E-state index contributed by atoms with van der Waals surface area (Å²) >= 11 is 0. The van der Waals surface area contributed by atoms with E-state index in [1.807, 2.05) is 6.07 Å². The summed E-state index contributed by atoms with van der Waals surface area (Å²) in [5.41, 5.74) is 3.64. The third-order valence-electron chi connectivity index (χ3n) is 4.02. The van der Waals surface area contributed by atoms with Crippen LogP contribution < -0.4 is 0 Å². The maximum Gasteiger partial charge on any atom is 0.371 e. The van der Waals surface area contributed by atoms with E-state index in [0.717, 1.165) is 18.1 Å². The van der Waals surface area contributed by atoms with Gasteiger partial charge in [-0.1, -0.05) is 48.5 Å². The van der Waals surface area contributed by atoms with Gasteiger partial charge in [0.2, 0.25) is 0 Å². The molecular weight excluding hydrogens is 246 g/mol. The van der Waals surface area contributed by atoms with Crippen molar-refractivity contribution < 1.29 is 9.31 Å². The number of likely N-dealkylation sites (N-methyl/N-ethyl adjacent to an activating group) is 1. The summed E-state index contributed by atoms with van der Waals surface area (Å²) in [6.07, 6.45) is 0. The number of ether oxygens (including phenoxy) is 1. The van der Waals surface area contributed by atoms with Gasteiger partial charge in [0.25, 0.3) is 0 Å². The van der Waals surface area contributed by atoms with Crippen molar-refractivity contribution in [1.82, 2.24) is 0 Å². The van der Waals surface area contributed by atoms with Crippen molar-refractivity contribution in [2.75, 3.05) is 13.7 Å². The zero-order chi connectivity index (χ0) is 14.2. The van der Waals surface area contributed by atoms with Crippen molar-refractivity contribution in [3.05, 3.63) is 60.2 Å². The molecule has 0 bridgehead atoms. The Morgan fingerprint density at radius 1 is 0.900 bits per heavy atom. The van der Waals surface area contributed by atoms with E-state index >= 15 is 0 Å². The van der Waals surface area contributed by atoms with Crippen LogP contribution in [0.1, 0.15) is 19.4 Å². The predicted molar refractivity (Wildman–Crippen MR) is 82.2 cm³/mol. The second-order valence-corrected chi connectivity index (χ2v) is 5.88. The van der Waals surface area contributed by atoms with Crippen LogP contribution in [0.25, 0.3) is 11.1 Å². The Morgan fingerprint density at radius 3 is 2.10 bits per heavy atom. The number of benzene rings is 2. The molecule has 0 atom stereocenters. The van der Waals surface area contributed by atoms with Crippen LogP contribution >= 0.6 is 0 Å². The highest BCUT2D eigenvalue weighted by molar-refractivity contribution is 5.98. The zero-order valence-electron chi connectivity index (χ0n) is 12.3. The Morgan fingerprint density at radius 2 is 1.50 bits per heavy atom. The Bertz CT molecular complexity index is 656. The van der Waals surface area contributed by atoms with Gasteiger partial charge in [-0.3, -0.25) is 0 Å². The number of rotatable bonds is 2. The molecule has 1 aliphatic heterocycles. The highest BCUT2D eigenvalue weighted by atomic mass is 16.5. The van der Waals surface area contributed by atoms with E-state index in [1.165, 1.54) is 11.1 Å². The molecule has 2 aromatic carbocycles. The molecule has 20 heavy (non-hydrogen) atoms. The third kappa shape index (κ3) is 2.11. The fourth-order valence-corrected chi connectivity index (χ4v) is 2.51. The zero-order valence-corrected chi connectivity index (χ0v) is 12.3. The molecule has 0 saturated carbocycles. The minimum Gasteiger partial charge on any atom is -0.437 e. The fraction of sp³-hybridized carbons (Fsp3) is 0.278. The van der Waals surface area contributed by atoms with Crippen LogP contribution in [0.15, 0.2) is 54.6 Å². The van der Waals surface area contributed by atoms with Gasteiger partial charge >= 0.3 is 5.90 Å². The molecule has 0 radical (unpaired) electrons. The van der Waals surface area contributed by atoms with Crippen LogP contribution in [-0.4, -0.2) is 29.7 Å². The molecule has 0 aliphatic carbocycles. The van der Waals surface area contributed by atoms with E-state index in [9.17, 15) is 0 Å². The average molecular weight is 266 g/mol. The standard InChI is InChI=1S/C18H20NO/c1-18(2)13-20-17(19(18)3)16-12-8-7-11-15(16)14-9-5-4-6-10-14/h4-12H,13H2,1-3H3/q+1. The van der Waals surface area contributed by atoms with Crippen molar-refractivity contribution >= 4 is 5.90 Å². The Labute approximate surface area is 120 Å². The van der Waals surface area contributed by atoms with Crippen molar-refractivity contribution in [2.24, 2.45) is 0 Å². The van der Waals surface area contributed by atoms with Gasteiger partial charge < -0.3 is 4.74 Å². The highest BCUT2D eigenvalue weighted by Gasteiger charge is 2.40. The first kappa shape index (κ1) is 12.9. The van der Waals surface area contributed by atoms with E-state index in [2.05, 4.69) is 74.0 Å². The van der Waals surface area contributed by atoms with Crippen molar-refractivity contribution in [1.29, 1.82) is 0 Å². The minimum absolute atomic E-state index is 0.0408. The van der Waals surface area contributed by atoms with Crippen LogP contribution in [0.3, 0.4) is 0 Å². The smallest absolute Gasteiger partial charge is 0.371 e. The van der Waals surface area contributed by atoms with E-state index in [-0.39, 0.29) is 5.54 Å². The van der Waals surface area contributed by atoms with E-state index in [0.29, 0.717) is 0 Å². The van der Waals surface area contributed by atoms with E-state index < -0.39 is 0 Å². The lowest BCUT2D eigenvalue weighted by molar-refractivity contribution is -0.562. The molecule has 1 aliphatic rings. The first-order valence-electron chi connectivity index (χ1n) is 6.98. The number of hydrogen-bond acceptors (Lipinski definition) is 1. The number of hydrogen-bond donors (Lipinski definition) is 0. The van der Waals surface area contributed by atoms with Gasteiger partial charge in [0, 0.05) is 13.8 Å². The normalized spacial score (nSPS) is 17.1. The summed E-state index contributed by atoms with van der Waals surface area (Å²) in [5, 5.41) is 0. The topological polar surface area (TPSA) is 12.2 Å². The molecule has 0 fully saturated rings. The first-order chi connectivity index (χ1) is 9.59. The summed E-state index contributed by atoms with van der Waals surface area (Å²) in [4.78, 5) is 0. The predicted octanol–water partition coefficient (Wildman–Crippen LogP) is 3.55. The highest BCUT2D eigenvalue weighted by Crippen LogP contribution is 2.27. The molecule has 2 aromatic rings. The fourth-order valence-electron chi connectivity index (χ4n) is 2.51. The molecule has 3 rings (SSSR count). The van der Waals surface area contributed by atoms with Crippen molar-refractivity contribution in [2.45, 2.75) is 19.4 Å². The van der Waals surface area contributed by atoms with Crippen molar-refractivity contribution in [3.63, 3.8) is 0 Å². The molecule has 1 heterocycles. The molecule has 2 heteroatoms. The largest absolute Gasteiger partial charge is 0.437 e. The third-order valence-corrected chi connectivity index (χ3v) is 4.02. The van der Waals surface area contributed by atoms with Crippen LogP contribution in [0.4, 0.5) is 0 Å². The summed E-state index contributed by atoms with van der Waals surface area (Å²) in [5.74, 6) is 0.967. The van der Waals surface area contributed by atoms with Gasteiger partial charge in [0.1, 0.15) is 7.05 Å². The quantitative estimate of drug-likeness (QED) is 0.757. The molecule has 0 N–H and O–H groups in total. The molecule has 0 amide bonds. The molecule has 0 spiro atoms. The Balaban J connectivity index is 2.15. The van der Waals surface area contributed by atoms with Crippen LogP contribution in [0.2, 0.25) is 0 Å². The molecule has 0 unspecified atom stereocenters. The lowest BCUT2D eigenvalue weighted by Gasteiger charge is -2.10. The lowest BCUT2D eigenvalue weighted by atomic mass is 9.99. The summed E-state index contributed by atoms with van der Waals surface area (Å²) in [7, 11) is 2.10. The summed E-state index contributed by atoms with van der Waals surface area (Å²) in [6.45, 7) is 5.12. The van der Waals surface area contributed by atoms with Crippen LogP contribution in [0, 0.1) is 0 Å². The second kappa shape index (κ2) is 4.78. The van der Waals surface area contributed by atoms with Gasteiger partial charge in [-0.2, -0.15) is 4.58 Å². The molecule has 0 aromatic heterocycles. The Hall–Kier alpha value is -2.09. The SMILES string of the molecule is C[N+]1=C(c2ccccc2-c2ccccc2)OCC1(C)C. The summed E-state index contributed by atoms with van der Waals surface area (Å²) < 4.78 is 8.20. The van der Waals surface area contributed by atoms with E-state index in [4.69, 9.17) is 4.74 Å². The molecule has 102 valence electrons. The van der Waals surface area contributed by atoms with Crippen molar-refractivity contribution in [3.8, 4) is 11.1 Å². The van der Waals surface area contributed by atoms with Gasteiger partial charge in [-0.05, 0) is 17.2 Å². The minimum atomic E-state index is 0.0408. The first-order valence-corrected chi connectivity index (χ1v) is 6.98. The van der Waals surface area contributed by atoms with Gasteiger partial charge in [0.15, 0.2) is 12.1 Å². The van der Waals surface area contributed by atoms with Gasteiger partial charge in [0.05, 0.1) is 5.56 Å². The Kier molecular flexibility index (Phi) is 3.09. The van der Waals surface area contributed by atoms with Gasteiger partial charge in [-0.25, -0.2) is 0 Å². The summed E-state index contributed by atoms with van der Waals surface area (Å²) in [6, 6.07) is 18.9. The van der Waals surface area contributed by atoms with Crippen LogP contribution in [0.5, 0.6) is 0 Å². The lowest BCUT2D eigenvalue weighted by Crippen LogP contribution is -2.33. The second-order valence-electron chi connectivity index (χ2n) is 5.88. The average Bonchev–Trinajstić information content (AvgIpc) is 2.74.